The van der Waals surface area contributed by atoms with E-state index in [1.807, 2.05) is 25.1 Å². The minimum absolute atomic E-state index is 0.165. The van der Waals surface area contributed by atoms with Gasteiger partial charge >= 0.3 is 5.97 Å². The van der Waals surface area contributed by atoms with Crippen molar-refractivity contribution in [1.29, 1.82) is 0 Å². The Labute approximate surface area is 118 Å². The number of carboxylic acids is 1. The molecule has 0 aromatic heterocycles. The number of ether oxygens (including phenoxy) is 1. The van der Waals surface area contributed by atoms with Crippen molar-refractivity contribution >= 4 is 11.9 Å². The third-order valence-electron chi connectivity index (χ3n) is 2.69. The molecular formula is C15H19NO4. The first-order chi connectivity index (χ1) is 9.43. The second-order valence-corrected chi connectivity index (χ2v) is 4.50. The van der Waals surface area contributed by atoms with E-state index in [0.29, 0.717) is 5.75 Å². The van der Waals surface area contributed by atoms with Crippen LogP contribution in [0.25, 0.3) is 0 Å². The standard InChI is InChI=1S/C15H19NO4/c1-4-6-13(15(18)19)16-14(17)11(3)20-12-8-5-7-10(2)9-12/h4-5,7-9,11,13H,1,6H2,2-3H3,(H,16,17)(H,18,19). The Morgan fingerprint density at radius 2 is 2.20 bits per heavy atom. The molecule has 0 saturated heterocycles. The summed E-state index contributed by atoms with van der Waals surface area (Å²) < 4.78 is 5.48. The molecule has 2 N–H and O–H groups in total. The molecule has 1 amide bonds. The molecule has 108 valence electrons. The van der Waals surface area contributed by atoms with E-state index in [-0.39, 0.29) is 6.42 Å². The van der Waals surface area contributed by atoms with Crippen molar-refractivity contribution in [3.05, 3.63) is 42.5 Å². The number of aliphatic carboxylic acids is 1. The minimum atomic E-state index is -1.10. The van der Waals surface area contributed by atoms with E-state index >= 15 is 0 Å². The highest BCUT2D eigenvalue weighted by atomic mass is 16.5. The van der Waals surface area contributed by atoms with Gasteiger partial charge in [-0.1, -0.05) is 18.2 Å². The molecule has 1 aromatic carbocycles. The quantitative estimate of drug-likeness (QED) is 0.746. The van der Waals surface area contributed by atoms with Crippen molar-refractivity contribution in [3.63, 3.8) is 0 Å². The summed E-state index contributed by atoms with van der Waals surface area (Å²) in [5.41, 5.74) is 1.02. The highest BCUT2D eigenvalue weighted by Gasteiger charge is 2.22. The molecule has 0 aliphatic heterocycles. The SMILES string of the molecule is C=CCC(NC(=O)C(C)Oc1cccc(C)c1)C(=O)O. The molecule has 5 heteroatoms. The number of benzene rings is 1. The van der Waals surface area contributed by atoms with E-state index in [9.17, 15) is 9.59 Å². The lowest BCUT2D eigenvalue weighted by Gasteiger charge is -2.18. The number of carbonyl (C=O) groups is 2. The Balaban J connectivity index is 2.62. The lowest BCUT2D eigenvalue weighted by Crippen LogP contribution is -2.46. The van der Waals surface area contributed by atoms with Crippen LogP contribution >= 0.6 is 0 Å². The Bertz CT molecular complexity index is 498. The van der Waals surface area contributed by atoms with Crippen LogP contribution in [0.4, 0.5) is 0 Å². The van der Waals surface area contributed by atoms with Crippen LogP contribution in [0.15, 0.2) is 36.9 Å². The predicted octanol–water partition coefficient (Wildman–Crippen LogP) is 1.91. The average molecular weight is 277 g/mol. The highest BCUT2D eigenvalue weighted by Crippen LogP contribution is 2.14. The van der Waals surface area contributed by atoms with Gasteiger partial charge in [-0.2, -0.15) is 0 Å². The molecule has 0 heterocycles. The number of carboxylic acid groups (broad SMARTS) is 1. The van der Waals surface area contributed by atoms with E-state index in [0.717, 1.165) is 5.56 Å². The lowest BCUT2D eigenvalue weighted by molar-refractivity contribution is -0.142. The van der Waals surface area contributed by atoms with Crippen LogP contribution in [0.5, 0.6) is 5.75 Å². The first kappa shape index (κ1) is 15.8. The van der Waals surface area contributed by atoms with Gasteiger partial charge in [0.15, 0.2) is 6.10 Å². The minimum Gasteiger partial charge on any atom is -0.481 e. The molecule has 0 radical (unpaired) electrons. The van der Waals surface area contributed by atoms with E-state index in [4.69, 9.17) is 9.84 Å². The topological polar surface area (TPSA) is 75.6 Å². The summed E-state index contributed by atoms with van der Waals surface area (Å²) in [6.07, 6.45) is 0.840. The van der Waals surface area contributed by atoms with Gasteiger partial charge < -0.3 is 15.2 Å². The molecule has 1 aromatic rings. The van der Waals surface area contributed by atoms with Crippen molar-refractivity contribution in [2.45, 2.75) is 32.4 Å². The first-order valence-corrected chi connectivity index (χ1v) is 6.31. The van der Waals surface area contributed by atoms with E-state index in [2.05, 4.69) is 11.9 Å². The molecular weight excluding hydrogens is 258 g/mol. The Morgan fingerprint density at radius 3 is 2.75 bits per heavy atom. The Kier molecular flexibility index (Phi) is 5.77. The molecule has 0 aliphatic carbocycles. The third-order valence-corrected chi connectivity index (χ3v) is 2.69. The van der Waals surface area contributed by atoms with Gasteiger partial charge in [-0.05, 0) is 38.0 Å². The monoisotopic (exact) mass is 277 g/mol. The van der Waals surface area contributed by atoms with Crippen molar-refractivity contribution < 1.29 is 19.4 Å². The van der Waals surface area contributed by atoms with Gasteiger partial charge in [0.1, 0.15) is 11.8 Å². The van der Waals surface area contributed by atoms with Crippen LogP contribution < -0.4 is 10.1 Å². The van der Waals surface area contributed by atoms with Gasteiger partial charge in [-0.3, -0.25) is 4.79 Å². The fraction of sp³-hybridized carbons (Fsp3) is 0.333. The maximum absolute atomic E-state index is 11.9. The van der Waals surface area contributed by atoms with Crippen LogP contribution in [0.2, 0.25) is 0 Å². The fourth-order valence-electron chi connectivity index (χ4n) is 1.62. The molecule has 0 spiro atoms. The van der Waals surface area contributed by atoms with Gasteiger partial charge in [0, 0.05) is 0 Å². The maximum atomic E-state index is 11.9. The summed E-state index contributed by atoms with van der Waals surface area (Å²) in [4.78, 5) is 22.8. The van der Waals surface area contributed by atoms with Gasteiger partial charge in [-0.15, -0.1) is 6.58 Å². The number of hydrogen-bond acceptors (Lipinski definition) is 3. The number of nitrogens with one attached hydrogen (secondary N) is 1. The highest BCUT2D eigenvalue weighted by molar-refractivity contribution is 5.86. The van der Waals surface area contributed by atoms with Gasteiger partial charge in [-0.25, -0.2) is 4.79 Å². The van der Waals surface area contributed by atoms with Crippen LogP contribution in [0.1, 0.15) is 18.9 Å². The summed E-state index contributed by atoms with van der Waals surface area (Å²) in [7, 11) is 0. The Hall–Kier alpha value is -2.30. The average Bonchev–Trinajstić information content (AvgIpc) is 2.37. The molecule has 0 fully saturated rings. The van der Waals surface area contributed by atoms with Crippen LogP contribution in [0.3, 0.4) is 0 Å². The Morgan fingerprint density at radius 1 is 1.50 bits per heavy atom. The van der Waals surface area contributed by atoms with Crippen molar-refractivity contribution in [2.75, 3.05) is 0 Å². The summed E-state index contributed by atoms with van der Waals surface area (Å²) >= 11 is 0. The molecule has 5 nitrogen and oxygen atoms in total. The van der Waals surface area contributed by atoms with Gasteiger partial charge in [0.2, 0.25) is 0 Å². The number of aryl methyl sites for hydroxylation is 1. The van der Waals surface area contributed by atoms with Crippen molar-refractivity contribution in [1.82, 2.24) is 5.32 Å². The zero-order valence-corrected chi connectivity index (χ0v) is 11.6. The second kappa shape index (κ2) is 7.33. The van der Waals surface area contributed by atoms with E-state index < -0.39 is 24.0 Å². The molecule has 20 heavy (non-hydrogen) atoms. The van der Waals surface area contributed by atoms with Crippen LogP contribution in [-0.4, -0.2) is 29.1 Å². The molecule has 2 atom stereocenters. The number of carbonyl (C=O) groups excluding carboxylic acids is 1. The first-order valence-electron chi connectivity index (χ1n) is 6.31. The summed E-state index contributed by atoms with van der Waals surface area (Å²) in [5, 5.41) is 11.4. The lowest BCUT2D eigenvalue weighted by atomic mass is 10.2. The van der Waals surface area contributed by atoms with Crippen molar-refractivity contribution in [2.24, 2.45) is 0 Å². The number of rotatable bonds is 7. The fourth-order valence-corrected chi connectivity index (χ4v) is 1.62. The molecule has 1 rings (SSSR count). The zero-order valence-electron chi connectivity index (χ0n) is 11.6. The number of amides is 1. The van der Waals surface area contributed by atoms with Crippen LogP contribution in [-0.2, 0) is 9.59 Å². The van der Waals surface area contributed by atoms with E-state index in [1.54, 1.807) is 13.0 Å². The zero-order chi connectivity index (χ0) is 15.1. The third kappa shape index (κ3) is 4.76. The largest absolute Gasteiger partial charge is 0.481 e. The molecule has 0 saturated carbocycles. The van der Waals surface area contributed by atoms with Gasteiger partial charge in [0.05, 0.1) is 0 Å². The molecule has 0 bridgehead atoms. The molecule has 0 aliphatic rings. The maximum Gasteiger partial charge on any atom is 0.326 e. The molecule has 2 unspecified atom stereocenters. The summed E-state index contributed by atoms with van der Waals surface area (Å²) in [5.74, 6) is -0.995. The van der Waals surface area contributed by atoms with Crippen LogP contribution in [0, 0.1) is 6.92 Å². The summed E-state index contributed by atoms with van der Waals surface area (Å²) in [6, 6.07) is 6.32. The predicted molar refractivity (Wildman–Crippen MR) is 75.6 cm³/mol. The summed E-state index contributed by atoms with van der Waals surface area (Å²) in [6.45, 7) is 6.96. The number of hydrogen-bond donors (Lipinski definition) is 2. The van der Waals surface area contributed by atoms with Crippen molar-refractivity contribution in [3.8, 4) is 5.75 Å². The smallest absolute Gasteiger partial charge is 0.326 e. The van der Waals surface area contributed by atoms with E-state index in [1.165, 1.54) is 6.08 Å². The van der Waals surface area contributed by atoms with Gasteiger partial charge in [0.25, 0.3) is 5.91 Å². The normalized spacial score (nSPS) is 13.1. The second-order valence-electron chi connectivity index (χ2n) is 4.50.